The van der Waals surface area contributed by atoms with Gasteiger partial charge in [0.2, 0.25) is 0 Å². The van der Waals surface area contributed by atoms with Gasteiger partial charge in [-0.2, -0.15) is 5.10 Å². The first-order valence-electron chi connectivity index (χ1n) is 6.01. The lowest BCUT2D eigenvalue weighted by molar-refractivity contribution is 0.0699. The van der Waals surface area contributed by atoms with E-state index in [9.17, 15) is 4.79 Å². The molecule has 94 valence electrons. The molecule has 1 saturated heterocycles. The summed E-state index contributed by atoms with van der Waals surface area (Å²) in [5, 5.41) is 13.1. The molecule has 6 nitrogen and oxygen atoms in total. The lowest BCUT2D eigenvalue weighted by Crippen LogP contribution is -2.27. The van der Waals surface area contributed by atoms with E-state index in [1.165, 1.54) is 10.7 Å². The van der Waals surface area contributed by atoms with Crippen LogP contribution in [0.3, 0.4) is 0 Å². The Morgan fingerprint density at radius 2 is 2.39 bits per heavy atom. The number of aromatic nitrogens is 3. The summed E-state index contributed by atoms with van der Waals surface area (Å²) < 4.78 is 1.49. The lowest BCUT2D eigenvalue weighted by atomic mass is 10.2. The Morgan fingerprint density at radius 1 is 1.56 bits per heavy atom. The van der Waals surface area contributed by atoms with E-state index < -0.39 is 5.97 Å². The Kier molecular flexibility index (Phi) is 2.43. The summed E-state index contributed by atoms with van der Waals surface area (Å²) >= 11 is 0. The van der Waals surface area contributed by atoms with Gasteiger partial charge < -0.3 is 10.0 Å². The van der Waals surface area contributed by atoms with Crippen molar-refractivity contribution in [2.24, 2.45) is 0 Å². The average Bonchev–Trinajstić information content (AvgIpc) is 2.93. The van der Waals surface area contributed by atoms with Crippen LogP contribution in [-0.2, 0) is 0 Å². The van der Waals surface area contributed by atoms with Crippen molar-refractivity contribution in [3.8, 4) is 0 Å². The number of carboxylic acids is 1. The molecule has 0 radical (unpaired) electrons. The summed E-state index contributed by atoms with van der Waals surface area (Å²) in [5.74, 6) is -0.167. The maximum Gasteiger partial charge on any atom is 0.341 e. The molecule has 0 aromatic carbocycles. The van der Waals surface area contributed by atoms with Crippen LogP contribution >= 0.6 is 0 Å². The van der Waals surface area contributed by atoms with Crippen molar-refractivity contribution in [3.63, 3.8) is 0 Å². The zero-order valence-electron chi connectivity index (χ0n) is 10.1. The highest BCUT2D eigenvalue weighted by Crippen LogP contribution is 2.24. The third-order valence-corrected chi connectivity index (χ3v) is 3.43. The molecule has 1 atom stereocenters. The first-order valence-corrected chi connectivity index (χ1v) is 6.01. The number of nitrogens with zero attached hydrogens (tertiary/aromatic N) is 4. The van der Waals surface area contributed by atoms with E-state index >= 15 is 0 Å². The fraction of sp³-hybridized carbons (Fsp3) is 0.417. The third-order valence-electron chi connectivity index (χ3n) is 3.43. The van der Waals surface area contributed by atoms with Crippen molar-refractivity contribution >= 4 is 17.4 Å². The number of carbonyl (C=O) groups is 1. The highest BCUT2D eigenvalue weighted by atomic mass is 16.4. The highest BCUT2D eigenvalue weighted by Gasteiger charge is 2.22. The zero-order chi connectivity index (χ0) is 12.7. The van der Waals surface area contributed by atoms with Crippen LogP contribution < -0.4 is 4.90 Å². The monoisotopic (exact) mass is 246 g/mol. The quantitative estimate of drug-likeness (QED) is 0.867. The number of rotatable bonds is 2. The first kappa shape index (κ1) is 11.0. The summed E-state index contributed by atoms with van der Waals surface area (Å²) in [7, 11) is 0. The topological polar surface area (TPSA) is 70.7 Å². The number of hydrogen-bond acceptors (Lipinski definition) is 4. The molecule has 1 fully saturated rings. The van der Waals surface area contributed by atoms with Gasteiger partial charge in [0.25, 0.3) is 0 Å². The SMILES string of the molecule is CC1CCCN1c1ccn2ncc(C(=O)O)c2n1. The molecule has 2 aromatic rings. The summed E-state index contributed by atoms with van der Waals surface area (Å²) in [6.45, 7) is 3.13. The molecule has 0 aliphatic carbocycles. The summed E-state index contributed by atoms with van der Waals surface area (Å²) in [6, 6.07) is 2.34. The van der Waals surface area contributed by atoms with Crippen LogP contribution in [0.15, 0.2) is 18.5 Å². The minimum Gasteiger partial charge on any atom is -0.477 e. The van der Waals surface area contributed by atoms with E-state index in [1.807, 2.05) is 6.07 Å². The molecular weight excluding hydrogens is 232 g/mol. The number of fused-ring (bicyclic) bond motifs is 1. The van der Waals surface area contributed by atoms with E-state index in [4.69, 9.17) is 5.11 Å². The van der Waals surface area contributed by atoms with Crippen LogP contribution in [0.2, 0.25) is 0 Å². The average molecular weight is 246 g/mol. The zero-order valence-corrected chi connectivity index (χ0v) is 10.1. The predicted molar refractivity (Wildman–Crippen MR) is 66.0 cm³/mol. The van der Waals surface area contributed by atoms with Gasteiger partial charge in [0.1, 0.15) is 11.4 Å². The molecule has 1 aliphatic rings. The van der Waals surface area contributed by atoms with Crippen LogP contribution in [0.1, 0.15) is 30.1 Å². The molecule has 2 aromatic heterocycles. The Bertz CT molecular complexity index is 607. The minimum absolute atomic E-state index is 0.142. The molecule has 0 saturated carbocycles. The molecule has 1 aliphatic heterocycles. The van der Waals surface area contributed by atoms with Crippen molar-refractivity contribution < 1.29 is 9.90 Å². The second kappa shape index (κ2) is 3.97. The van der Waals surface area contributed by atoms with Crippen molar-refractivity contribution in [1.29, 1.82) is 0 Å². The van der Waals surface area contributed by atoms with Crippen LogP contribution in [0.25, 0.3) is 5.65 Å². The van der Waals surface area contributed by atoms with Gasteiger partial charge in [-0.1, -0.05) is 0 Å². The Labute approximate surface area is 104 Å². The van der Waals surface area contributed by atoms with Crippen molar-refractivity contribution in [2.45, 2.75) is 25.8 Å². The van der Waals surface area contributed by atoms with Crippen LogP contribution in [0, 0.1) is 0 Å². The van der Waals surface area contributed by atoms with Gasteiger partial charge >= 0.3 is 5.97 Å². The number of carboxylic acid groups (broad SMARTS) is 1. The molecule has 3 rings (SSSR count). The molecule has 3 heterocycles. The Hall–Kier alpha value is -2.11. The summed E-state index contributed by atoms with van der Waals surface area (Å²) in [6.07, 6.45) is 5.40. The normalized spacial score (nSPS) is 19.6. The maximum atomic E-state index is 11.1. The fourth-order valence-corrected chi connectivity index (χ4v) is 2.44. The molecule has 0 spiro atoms. The highest BCUT2D eigenvalue weighted by molar-refractivity contribution is 5.94. The number of anilines is 1. The van der Waals surface area contributed by atoms with E-state index in [1.54, 1.807) is 6.20 Å². The third kappa shape index (κ3) is 1.61. The molecule has 1 N–H and O–H groups in total. The molecule has 18 heavy (non-hydrogen) atoms. The smallest absolute Gasteiger partial charge is 0.341 e. The van der Waals surface area contributed by atoms with Gasteiger partial charge in [0, 0.05) is 18.8 Å². The standard InChI is InChI=1S/C12H14N4O2/c1-8-3-2-5-15(8)10-4-6-16-11(14-10)9(7-13-16)12(17)18/h4,6-8H,2-3,5H2,1H3,(H,17,18). The van der Waals surface area contributed by atoms with Crippen LogP contribution in [0.4, 0.5) is 5.82 Å². The van der Waals surface area contributed by atoms with Crippen molar-refractivity contribution in [1.82, 2.24) is 14.6 Å². The Morgan fingerprint density at radius 3 is 3.06 bits per heavy atom. The van der Waals surface area contributed by atoms with Gasteiger partial charge in [0.05, 0.1) is 6.20 Å². The van der Waals surface area contributed by atoms with Gasteiger partial charge in [-0.05, 0) is 25.8 Å². The van der Waals surface area contributed by atoms with Gasteiger partial charge in [0.15, 0.2) is 5.65 Å². The summed E-state index contributed by atoms with van der Waals surface area (Å²) in [4.78, 5) is 17.7. The largest absolute Gasteiger partial charge is 0.477 e. The van der Waals surface area contributed by atoms with E-state index in [0.717, 1.165) is 25.2 Å². The maximum absolute atomic E-state index is 11.1. The second-order valence-corrected chi connectivity index (χ2v) is 4.60. The lowest BCUT2D eigenvalue weighted by Gasteiger charge is -2.22. The Balaban J connectivity index is 2.09. The van der Waals surface area contributed by atoms with Crippen molar-refractivity contribution in [2.75, 3.05) is 11.4 Å². The minimum atomic E-state index is -0.996. The molecule has 0 amide bonds. The van der Waals surface area contributed by atoms with Gasteiger partial charge in [-0.15, -0.1) is 0 Å². The second-order valence-electron chi connectivity index (χ2n) is 4.60. The molecule has 6 heteroatoms. The predicted octanol–water partition coefficient (Wildman–Crippen LogP) is 1.42. The van der Waals surface area contributed by atoms with E-state index in [-0.39, 0.29) is 5.56 Å². The van der Waals surface area contributed by atoms with Crippen LogP contribution in [-0.4, -0.2) is 38.3 Å². The van der Waals surface area contributed by atoms with Gasteiger partial charge in [-0.25, -0.2) is 14.3 Å². The van der Waals surface area contributed by atoms with Crippen LogP contribution in [0.5, 0.6) is 0 Å². The number of hydrogen-bond donors (Lipinski definition) is 1. The number of aromatic carboxylic acids is 1. The van der Waals surface area contributed by atoms with Gasteiger partial charge in [-0.3, -0.25) is 0 Å². The van der Waals surface area contributed by atoms with E-state index in [2.05, 4.69) is 21.9 Å². The van der Waals surface area contributed by atoms with E-state index in [0.29, 0.717) is 11.7 Å². The molecule has 1 unspecified atom stereocenters. The summed E-state index contributed by atoms with van der Waals surface area (Å²) in [5.41, 5.74) is 0.544. The van der Waals surface area contributed by atoms with Crippen molar-refractivity contribution in [3.05, 3.63) is 24.0 Å². The fourth-order valence-electron chi connectivity index (χ4n) is 2.44. The first-order chi connectivity index (χ1) is 8.66. The molecule has 0 bridgehead atoms. The molecular formula is C12H14N4O2.